The Balaban J connectivity index is 1.51. The van der Waals surface area contributed by atoms with Crippen molar-refractivity contribution in [3.8, 4) is 0 Å². The molecule has 1 N–H and O–H groups in total. The minimum Gasteiger partial charge on any atom is -0.336 e. The summed E-state index contributed by atoms with van der Waals surface area (Å²) in [6.45, 7) is 5.53. The van der Waals surface area contributed by atoms with Gasteiger partial charge in [-0.15, -0.1) is 0 Å². The van der Waals surface area contributed by atoms with Gasteiger partial charge in [-0.25, -0.2) is 0 Å². The summed E-state index contributed by atoms with van der Waals surface area (Å²) in [6.07, 6.45) is 3.30. The number of hydrogen-bond donors (Lipinski definition) is 1. The highest BCUT2D eigenvalue weighted by molar-refractivity contribution is 5.95. The molecule has 3 amide bonds. The number of nitrogens with zero attached hydrogens (tertiary/aromatic N) is 2. The van der Waals surface area contributed by atoms with Crippen LogP contribution >= 0.6 is 0 Å². The Kier molecular flexibility index (Phi) is 6.44. The van der Waals surface area contributed by atoms with E-state index in [1.165, 1.54) is 6.92 Å². The number of hydrogen-bond acceptors (Lipinski definition) is 3. The van der Waals surface area contributed by atoms with E-state index in [1.54, 1.807) is 34.1 Å². The van der Waals surface area contributed by atoms with Crippen LogP contribution in [0.2, 0.25) is 0 Å². The van der Waals surface area contributed by atoms with E-state index in [0.717, 1.165) is 16.8 Å². The predicted molar refractivity (Wildman–Crippen MR) is 113 cm³/mol. The fourth-order valence-corrected chi connectivity index (χ4v) is 3.16. The number of piperazine rings is 1. The molecule has 3 rings (SSSR count). The fraction of sp³-hybridized carbons (Fsp3) is 0.261. The first-order chi connectivity index (χ1) is 13.9. The summed E-state index contributed by atoms with van der Waals surface area (Å²) >= 11 is 0. The molecule has 0 aromatic heterocycles. The fourth-order valence-electron chi connectivity index (χ4n) is 3.16. The second-order valence-corrected chi connectivity index (χ2v) is 7.12. The molecule has 29 heavy (non-hydrogen) atoms. The van der Waals surface area contributed by atoms with Crippen LogP contribution in [-0.4, -0.2) is 53.7 Å². The molecule has 6 heteroatoms. The molecule has 2 aromatic carbocycles. The van der Waals surface area contributed by atoms with Crippen molar-refractivity contribution in [3.63, 3.8) is 0 Å². The Morgan fingerprint density at radius 3 is 2.03 bits per heavy atom. The highest BCUT2D eigenvalue weighted by atomic mass is 16.2. The molecule has 1 fully saturated rings. The predicted octanol–water partition coefficient (Wildman–Crippen LogP) is 2.95. The van der Waals surface area contributed by atoms with Gasteiger partial charge < -0.3 is 15.1 Å². The van der Waals surface area contributed by atoms with Crippen LogP contribution in [-0.2, 0) is 9.59 Å². The molecule has 0 bridgehead atoms. The molecule has 0 unspecified atom stereocenters. The quantitative estimate of drug-likeness (QED) is 0.815. The van der Waals surface area contributed by atoms with Gasteiger partial charge in [0, 0.05) is 50.4 Å². The van der Waals surface area contributed by atoms with E-state index in [4.69, 9.17) is 0 Å². The molecule has 0 saturated carbocycles. The number of aryl methyl sites for hydroxylation is 1. The van der Waals surface area contributed by atoms with E-state index in [0.29, 0.717) is 31.7 Å². The van der Waals surface area contributed by atoms with Gasteiger partial charge in [-0.2, -0.15) is 0 Å². The van der Waals surface area contributed by atoms with Crippen LogP contribution < -0.4 is 5.32 Å². The van der Waals surface area contributed by atoms with Crippen LogP contribution in [0, 0.1) is 6.92 Å². The van der Waals surface area contributed by atoms with Crippen LogP contribution in [0.5, 0.6) is 0 Å². The zero-order chi connectivity index (χ0) is 20.8. The van der Waals surface area contributed by atoms with Crippen molar-refractivity contribution < 1.29 is 14.4 Å². The van der Waals surface area contributed by atoms with E-state index in [2.05, 4.69) is 5.32 Å². The Labute approximate surface area is 170 Å². The van der Waals surface area contributed by atoms with Crippen molar-refractivity contribution in [2.45, 2.75) is 13.8 Å². The van der Waals surface area contributed by atoms with Gasteiger partial charge in [0.2, 0.25) is 11.8 Å². The third-order valence-corrected chi connectivity index (χ3v) is 4.83. The van der Waals surface area contributed by atoms with E-state index < -0.39 is 0 Å². The summed E-state index contributed by atoms with van der Waals surface area (Å²) in [5, 5.41) is 2.71. The molecule has 1 aliphatic heterocycles. The highest BCUT2D eigenvalue weighted by Gasteiger charge is 2.23. The third kappa shape index (κ3) is 5.54. The Morgan fingerprint density at radius 1 is 0.862 bits per heavy atom. The lowest BCUT2D eigenvalue weighted by Gasteiger charge is -2.34. The van der Waals surface area contributed by atoms with E-state index >= 15 is 0 Å². The molecule has 6 nitrogen and oxygen atoms in total. The molecule has 2 aromatic rings. The molecule has 1 heterocycles. The minimum atomic E-state index is -0.122. The van der Waals surface area contributed by atoms with Gasteiger partial charge in [0.1, 0.15) is 0 Å². The van der Waals surface area contributed by atoms with Crippen molar-refractivity contribution in [1.29, 1.82) is 0 Å². The topological polar surface area (TPSA) is 69.7 Å². The van der Waals surface area contributed by atoms with E-state index in [-0.39, 0.29) is 17.7 Å². The van der Waals surface area contributed by atoms with Gasteiger partial charge in [-0.1, -0.05) is 29.8 Å². The van der Waals surface area contributed by atoms with Crippen molar-refractivity contribution in [2.75, 3.05) is 31.5 Å². The average molecular weight is 391 g/mol. The maximum Gasteiger partial charge on any atom is 0.253 e. The van der Waals surface area contributed by atoms with E-state index in [1.807, 2.05) is 43.3 Å². The first-order valence-electron chi connectivity index (χ1n) is 9.63. The molecule has 0 aliphatic carbocycles. The van der Waals surface area contributed by atoms with E-state index in [9.17, 15) is 14.4 Å². The maximum absolute atomic E-state index is 12.6. The molecule has 150 valence electrons. The average Bonchev–Trinajstić information content (AvgIpc) is 2.73. The standard InChI is InChI=1S/C23H25N3O3/c1-17-3-8-20(9-4-17)23(29)26-15-13-25(14-16-26)22(28)12-7-19-5-10-21(11-6-19)24-18(2)27/h3-12H,13-16H2,1-2H3,(H,24,27)/b12-7+. The van der Waals surface area contributed by atoms with Crippen LogP contribution in [0.3, 0.4) is 0 Å². The second-order valence-electron chi connectivity index (χ2n) is 7.12. The normalized spacial score (nSPS) is 14.1. The van der Waals surface area contributed by atoms with Gasteiger partial charge >= 0.3 is 0 Å². The number of anilines is 1. The smallest absolute Gasteiger partial charge is 0.253 e. The van der Waals surface area contributed by atoms with Gasteiger partial charge in [-0.3, -0.25) is 14.4 Å². The minimum absolute atomic E-state index is 0.00639. The lowest BCUT2D eigenvalue weighted by molar-refractivity contribution is -0.127. The number of benzene rings is 2. The van der Waals surface area contributed by atoms with Crippen molar-refractivity contribution in [1.82, 2.24) is 9.80 Å². The lowest BCUT2D eigenvalue weighted by Crippen LogP contribution is -2.50. The van der Waals surface area contributed by atoms with Gasteiger partial charge in [-0.05, 0) is 42.8 Å². The molecule has 0 atom stereocenters. The van der Waals surface area contributed by atoms with Gasteiger partial charge in [0.15, 0.2) is 0 Å². The second kappa shape index (κ2) is 9.19. The Morgan fingerprint density at radius 2 is 1.45 bits per heavy atom. The zero-order valence-corrected chi connectivity index (χ0v) is 16.7. The summed E-state index contributed by atoms with van der Waals surface area (Å²) in [6, 6.07) is 14.8. The summed E-state index contributed by atoms with van der Waals surface area (Å²) < 4.78 is 0. The monoisotopic (exact) mass is 391 g/mol. The van der Waals surface area contributed by atoms with Crippen LogP contribution in [0.1, 0.15) is 28.4 Å². The molecule has 0 radical (unpaired) electrons. The maximum atomic E-state index is 12.6. The van der Waals surface area contributed by atoms with Gasteiger partial charge in [0.25, 0.3) is 5.91 Å². The number of amides is 3. The lowest BCUT2D eigenvalue weighted by atomic mass is 10.1. The largest absolute Gasteiger partial charge is 0.336 e. The summed E-state index contributed by atoms with van der Waals surface area (Å²) in [4.78, 5) is 39.6. The zero-order valence-electron chi connectivity index (χ0n) is 16.7. The SMILES string of the molecule is CC(=O)Nc1ccc(/C=C/C(=O)N2CCN(C(=O)c3ccc(C)cc3)CC2)cc1. The highest BCUT2D eigenvalue weighted by Crippen LogP contribution is 2.13. The van der Waals surface area contributed by atoms with Crippen molar-refractivity contribution >= 4 is 29.5 Å². The Hall–Kier alpha value is -3.41. The van der Waals surface area contributed by atoms with Gasteiger partial charge in [0.05, 0.1) is 0 Å². The summed E-state index contributed by atoms with van der Waals surface area (Å²) in [5.41, 5.74) is 3.39. The molecular formula is C23H25N3O3. The summed E-state index contributed by atoms with van der Waals surface area (Å²) in [5.74, 6) is -0.186. The van der Waals surface area contributed by atoms with Crippen LogP contribution in [0.15, 0.2) is 54.6 Å². The van der Waals surface area contributed by atoms with Crippen LogP contribution in [0.4, 0.5) is 5.69 Å². The number of carbonyl (C=O) groups excluding carboxylic acids is 3. The Bertz CT molecular complexity index is 909. The molecule has 0 spiro atoms. The first-order valence-corrected chi connectivity index (χ1v) is 9.63. The van der Waals surface area contributed by atoms with Crippen molar-refractivity contribution in [2.24, 2.45) is 0 Å². The molecular weight excluding hydrogens is 366 g/mol. The van der Waals surface area contributed by atoms with Crippen molar-refractivity contribution in [3.05, 3.63) is 71.3 Å². The molecule has 1 saturated heterocycles. The number of nitrogens with one attached hydrogen (secondary N) is 1. The first kappa shape index (κ1) is 20.3. The molecule has 1 aliphatic rings. The third-order valence-electron chi connectivity index (χ3n) is 4.83. The number of rotatable bonds is 4. The van der Waals surface area contributed by atoms with Crippen LogP contribution in [0.25, 0.3) is 6.08 Å². The number of carbonyl (C=O) groups is 3. The summed E-state index contributed by atoms with van der Waals surface area (Å²) in [7, 11) is 0.